The monoisotopic (exact) mass is 346 g/mol. The number of benzene rings is 1. The quantitative estimate of drug-likeness (QED) is 0.686. The van der Waals surface area contributed by atoms with Crippen molar-refractivity contribution in [3.8, 4) is 0 Å². The van der Waals surface area contributed by atoms with Gasteiger partial charge in [0.05, 0.1) is 12.7 Å². The van der Waals surface area contributed by atoms with Crippen molar-refractivity contribution in [1.29, 1.82) is 0 Å². The van der Waals surface area contributed by atoms with Gasteiger partial charge in [-0.25, -0.2) is 0 Å². The summed E-state index contributed by atoms with van der Waals surface area (Å²) in [6.07, 6.45) is 5.49. The molecule has 2 fully saturated rings. The van der Waals surface area contributed by atoms with Gasteiger partial charge in [-0.05, 0) is 50.3 Å². The molecule has 0 bridgehead atoms. The number of likely N-dealkylation sites (tertiary alicyclic amines) is 1. The fourth-order valence-electron chi connectivity index (χ4n) is 4.10. The first-order valence-corrected chi connectivity index (χ1v) is 9.92. The van der Waals surface area contributed by atoms with Crippen LogP contribution in [0.2, 0.25) is 0 Å². The first kappa shape index (κ1) is 18.8. The molecule has 4 heteroatoms. The Bertz CT molecular complexity index is 468. The van der Waals surface area contributed by atoms with Crippen molar-refractivity contribution in [2.45, 2.75) is 38.3 Å². The number of hydrogen-bond acceptors (Lipinski definition) is 4. The van der Waals surface area contributed by atoms with E-state index in [4.69, 9.17) is 9.47 Å². The first-order chi connectivity index (χ1) is 12.3. The Morgan fingerprint density at radius 3 is 2.60 bits per heavy atom. The summed E-state index contributed by atoms with van der Waals surface area (Å²) in [6, 6.07) is 10.9. The predicted octanol–water partition coefficient (Wildman–Crippen LogP) is 3.03. The van der Waals surface area contributed by atoms with Crippen molar-refractivity contribution in [3.63, 3.8) is 0 Å². The molecular weight excluding hydrogens is 312 g/mol. The average molecular weight is 347 g/mol. The van der Waals surface area contributed by atoms with Gasteiger partial charge < -0.3 is 14.4 Å². The zero-order chi connectivity index (χ0) is 17.3. The molecule has 3 rings (SSSR count). The van der Waals surface area contributed by atoms with Crippen LogP contribution in [-0.2, 0) is 16.0 Å². The van der Waals surface area contributed by atoms with E-state index in [-0.39, 0.29) is 0 Å². The van der Waals surface area contributed by atoms with Crippen LogP contribution in [0.15, 0.2) is 30.3 Å². The Balaban J connectivity index is 1.50. The Kier molecular flexibility index (Phi) is 7.74. The third-order valence-corrected chi connectivity index (χ3v) is 5.57. The summed E-state index contributed by atoms with van der Waals surface area (Å²) < 4.78 is 11.1. The average Bonchev–Trinajstić information content (AvgIpc) is 3.15. The smallest absolute Gasteiger partial charge is 0.0702 e. The largest absolute Gasteiger partial charge is 0.383 e. The molecule has 4 nitrogen and oxygen atoms in total. The third-order valence-electron chi connectivity index (χ3n) is 5.57. The molecule has 25 heavy (non-hydrogen) atoms. The standard InChI is InChI=1S/C21H34N2O2/c1-24-15-13-22-11-9-20(10-12-22)17-23(18-21-8-5-14-25-21)16-19-6-3-2-4-7-19/h2-4,6-7,20-21H,5,8-18H2,1H3. The number of ether oxygens (including phenoxy) is 2. The van der Waals surface area contributed by atoms with E-state index in [1.807, 2.05) is 0 Å². The van der Waals surface area contributed by atoms with Crippen LogP contribution < -0.4 is 0 Å². The summed E-state index contributed by atoms with van der Waals surface area (Å²) >= 11 is 0. The van der Waals surface area contributed by atoms with Crippen molar-refractivity contribution in [2.24, 2.45) is 5.92 Å². The molecule has 0 amide bonds. The minimum Gasteiger partial charge on any atom is -0.383 e. The van der Waals surface area contributed by atoms with Crippen LogP contribution in [0.25, 0.3) is 0 Å². The molecule has 0 aliphatic carbocycles. The second-order valence-corrected chi connectivity index (χ2v) is 7.59. The summed E-state index contributed by atoms with van der Waals surface area (Å²) in [4.78, 5) is 5.18. The van der Waals surface area contributed by atoms with Crippen LogP contribution in [0.4, 0.5) is 0 Å². The van der Waals surface area contributed by atoms with E-state index in [1.54, 1.807) is 7.11 Å². The minimum absolute atomic E-state index is 0.436. The lowest BCUT2D eigenvalue weighted by Crippen LogP contribution is -2.41. The van der Waals surface area contributed by atoms with Crippen molar-refractivity contribution in [1.82, 2.24) is 9.80 Å². The van der Waals surface area contributed by atoms with Crippen LogP contribution in [0.3, 0.4) is 0 Å². The zero-order valence-electron chi connectivity index (χ0n) is 15.7. The summed E-state index contributed by atoms with van der Waals surface area (Å²) in [5.74, 6) is 0.809. The molecule has 2 aliphatic rings. The van der Waals surface area contributed by atoms with Crippen molar-refractivity contribution < 1.29 is 9.47 Å². The molecule has 0 aromatic heterocycles. The van der Waals surface area contributed by atoms with E-state index >= 15 is 0 Å². The molecule has 0 N–H and O–H groups in total. The Morgan fingerprint density at radius 1 is 1.12 bits per heavy atom. The van der Waals surface area contributed by atoms with E-state index in [9.17, 15) is 0 Å². The van der Waals surface area contributed by atoms with Gasteiger partial charge in [-0.1, -0.05) is 30.3 Å². The third kappa shape index (κ3) is 6.37. The molecule has 0 spiro atoms. The van der Waals surface area contributed by atoms with Crippen molar-refractivity contribution in [3.05, 3.63) is 35.9 Å². The van der Waals surface area contributed by atoms with Crippen LogP contribution in [0, 0.1) is 5.92 Å². The zero-order valence-corrected chi connectivity index (χ0v) is 15.7. The molecule has 1 unspecified atom stereocenters. The second-order valence-electron chi connectivity index (χ2n) is 7.59. The maximum Gasteiger partial charge on any atom is 0.0702 e. The lowest BCUT2D eigenvalue weighted by Gasteiger charge is -2.35. The number of hydrogen-bond donors (Lipinski definition) is 0. The topological polar surface area (TPSA) is 24.9 Å². The summed E-state index contributed by atoms with van der Waals surface area (Å²) in [7, 11) is 1.79. The van der Waals surface area contributed by atoms with Crippen LogP contribution in [-0.4, -0.2) is 69.0 Å². The molecule has 140 valence electrons. The van der Waals surface area contributed by atoms with Gasteiger partial charge in [0, 0.05) is 39.9 Å². The highest BCUT2D eigenvalue weighted by Gasteiger charge is 2.24. The highest BCUT2D eigenvalue weighted by atomic mass is 16.5. The SMILES string of the molecule is COCCN1CCC(CN(Cc2ccccc2)CC2CCCO2)CC1. The Labute approximate surface area is 153 Å². The summed E-state index contributed by atoms with van der Waals surface area (Å²) in [5, 5.41) is 0. The van der Waals surface area contributed by atoms with Crippen molar-refractivity contribution >= 4 is 0 Å². The number of rotatable bonds is 9. The summed E-state index contributed by atoms with van der Waals surface area (Å²) in [6.45, 7) is 8.63. The van der Waals surface area contributed by atoms with E-state index < -0.39 is 0 Å². The van der Waals surface area contributed by atoms with Gasteiger partial charge in [0.1, 0.15) is 0 Å². The fourth-order valence-corrected chi connectivity index (χ4v) is 4.10. The van der Waals surface area contributed by atoms with Crippen molar-refractivity contribution in [2.75, 3.05) is 53.0 Å². The predicted molar refractivity (Wildman–Crippen MR) is 102 cm³/mol. The molecule has 1 aromatic carbocycles. The van der Waals surface area contributed by atoms with Crippen LogP contribution in [0.5, 0.6) is 0 Å². The fraction of sp³-hybridized carbons (Fsp3) is 0.714. The molecule has 2 heterocycles. The first-order valence-electron chi connectivity index (χ1n) is 9.92. The van der Waals surface area contributed by atoms with Gasteiger partial charge in [0.15, 0.2) is 0 Å². The van der Waals surface area contributed by atoms with Gasteiger partial charge in [-0.15, -0.1) is 0 Å². The number of piperidine rings is 1. The second kappa shape index (κ2) is 10.3. The lowest BCUT2D eigenvalue weighted by molar-refractivity contribution is 0.0552. The van der Waals surface area contributed by atoms with E-state index in [2.05, 4.69) is 40.1 Å². The van der Waals surface area contributed by atoms with Gasteiger partial charge in [-0.3, -0.25) is 4.90 Å². The molecule has 0 radical (unpaired) electrons. The molecular formula is C21H34N2O2. The van der Waals surface area contributed by atoms with E-state index in [0.29, 0.717) is 6.10 Å². The van der Waals surface area contributed by atoms with Crippen LogP contribution in [0.1, 0.15) is 31.2 Å². The van der Waals surface area contributed by atoms with Gasteiger partial charge in [0.25, 0.3) is 0 Å². The Hall–Kier alpha value is -0.940. The molecule has 1 atom stereocenters. The molecule has 0 saturated carbocycles. The lowest BCUT2D eigenvalue weighted by atomic mass is 9.95. The molecule has 2 saturated heterocycles. The molecule has 1 aromatic rings. The maximum absolute atomic E-state index is 5.91. The molecule has 2 aliphatic heterocycles. The van der Waals surface area contributed by atoms with Gasteiger partial charge in [-0.2, -0.15) is 0 Å². The normalized spacial score (nSPS) is 22.7. The van der Waals surface area contributed by atoms with Crippen LogP contribution >= 0.6 is 0 Å². The van der Waals surface area contributed by atoms with E-state index in [1.165, 1.54) is 50.9 Å². The highest BCUT2D eigenvalue weighted by Crippen LogP contribution is 2.21. The van der Waals surface area contributed by atoms with Gasteiger partial charge >= 0.3 is 0 Å². The Morgan fingerprint density at radius 2 is 1.92 bits per heavy atom. The highest BCUT2D eigenvalue weighted by molar-refractivity contribution is 5.14. The van der Waals surface area contributed by atoms with E-state index in [0.717, 1.165) is 38.8 Å². The number of methoxy groups -OCH3 is 1. The number of nitrogens with zero attached hydrogens (tertiary/aromatic N) is 2. The minimum atomic E-state index is 0.436. The van der Waals surface area contributed by atoms with Gasteiger partial charge in [0.2, 0.25) is 0 Å². The maximum atomic E-state index is 5.91. The summed E-state index contributed by atoms with van der Waals surface area (Å²) in [5.41, 5.74) is 1.41.